The Morgan fingerprint density at radius 2 is 1.54 bits per heavy atom. The monoisotopic (exact) mass is 329 g/mol. The van der Waals surface area contributed by atoms with Crippen molar-refractivity contribution in [3.05, 3.63) is 59.4 Å². The van der Waals surface area contributed by atoms with Gasteiger partial charge in [-0.2, -0.15) is 0 Å². The highest BCUT2D eigenvalue weighted by Gasteiger charge is 2.25. The summed E-state index contributed by atoms with van der Waals surface area (Å²) in [5.41, 5.74) is 2.88. The van der Waals surface area contributed by atoms with Crippen molar-refractivity contribution in [1.29, 1.82) is 0 Å². The lowest BCUT2D eigenvalue weighted by molar-refractivity contribution is 0.446. The van der Waals surface area contributed by atoms with E-state index in [1.54, 1.807) is 12.1 Å². The molecule has 4 heteroatoms. The fourth-order valence-corrected chi connectivity index (χ4v) is 3.90. The van der Waals surface area contributed by atoms with Crippen LogP contribution in [0.4, 0.5) is 13.2 Å². The molecule has 1 aliphatic rings. The lowest BCUT2D eigenvalue weighted by Crippen LogP contribution is -2.05. The van der Waals surface area contributed by atoms with Crippen LogP contribution in [0.25, 0.3) is 22.2 Å². The minimum absolute atomic E-state index is 0.272. The van der Waals surface area contributed by atoms with Gasteiger partial charge >= 0.3 is 0 Å². The Labute approximate surface area is 138 Å². The Morgan fingerprint density at radius 3 is 2.25 bits per heavy atom. The van der Waals surface area contributed by atoms with Crippen LogP contribution in [-0.4, -0.2) is 4.98 Å². The van der Waals surface area contributed by atoms with Gasteiger partial charge in [-0.1, -0.05) is 19.3 Å². The van der Waals surface area contributed by atoms with E-state index in [9.17, 15) is 13.2 Å². The third kappa shape index (κ3) is 2.60. The van der Waals surface area contributed by atoms with Gasteiger partial charge in [-0.15, -0.1) is 0 Å². The van der Waals surface area contributed by atoms with Crippen molar-refractivity contribution in [1.82, 2.24) is 4.98 Å². The van der Waals surface area contributed by atoms with Crippen LogP contribution in [-0.2, 0) is 0 Å². The highest BCUT2D eigenvalue weighted by molar-refractivity contribution is 5.92. The Hall–Kier alpha value is -2.23. The lowest BCUT2D eigenvalue weighted by atomic mass is 9.82. The number of fused-ring (bicyclic) bond motifs is 1. The molecule has 4 rings (SSSR count). The molecule has 1 nitrogen and oxygen atoms in total. The number of nitrogens with one attached hydrogen (secondary N) is 1. The van der Waals surface area contributed by atoms with Gasteiger partial charge in [-0.25, -0.2) is 13.2 Å². The van der Waals surface area contributed by atoms with Crippen LogP contribution in [0.15, 0.2) is 36.4 Å². The van der Waals surface area contributed by atoms with Gasteiger partial charge in [0.25, 0.3) is 0 Å². The van der Waals surface area contributed by atoms with Crippen LogP contribution in [0.2, 0.25) is 0 Å². The molecule has 2 aromatic carbocycles. The molecule has 1 saturated carbocycles. The molecule has 0 bridgehead atoms. The second-order valence-electron chi connectivity index (χ2n) is 6.57. The Kier molecular flexibility index (Phi) is 3.83. The maximum atomic E-state index is 14.3. The molecular weight excluding hydrogens is 311 g/mol. The summed E-state index contributed by atoms with van der Waals surface area (Å²) in [6.07, 6.45) is 5.47. The summed E-state index contributed by atoms with van der Waals surface area (Å²) in [6.45, 7) is 0. The maximum absolute atomic E-state index is 14.3. The SMILES string of the molecule is Fc1ccc(-c2[nH]c3c(F)cc(F)cc3c2C2CCCCC2)cc1. The van der Waals surface area contributed by atoms with Crippen LogP contribution < -0.4 is 0 Å². The molecule has 1 N–H and O–H groups in total. The van der Waals surface area contributed by atoms with E-state index in [1.165, 1.54) is 24.6 Å². The number of aromatic amines is 1. The van der Waals surface area contributed by atoms with Crippen molar-refractivity contribution < 1.29 is 13.2 Å². The summed E-state index contributed by atoms with van der Waals surface area (Å²) >= 11 is 0. The smallest absolute Gasteiger partial charge is 0.150 e. The van der Waals surface area contributed by atoms with Crippen molar-refractivity contribution in [3.8, 4) is 11.3 Å². The van der Waals surface area contributed by atoms with Crippen molar-refractivity contribution >= 4 is 10.9 Å². The Balaban J connectivity index is 1.97. The first kappa shape index (κ1) is 15.3. The average molecular weight is 329 g/mol. The number of hydrogen-bond donors (Lipinski definition) is 1. The number of hydrogen-bond acceptors (Lipinski definition) is 0. The van der Waals surface area contributed by atoms with E-state index >= 15 is 0 Å². The predicted molar refractivity (Wildman–Crippen MR) is 89.4 cm³/mol. The summed E-state index contributed by atoms with van der Waals surface area (Å²) in [7, 11) is 0. The third-order valence-electron chi connectivity index (χ3n) is 5.01. The largest absolute Gasteiger partial charge is 0.352 e. The van der Waals surface area contributed by atoms with E-state index in [2.05, 4.69) is 4.98 Å². The third-order valence-corrected chi connectivity index (χ3v) is 5.01. The molecule has 124 valence electrons. The maximum Gasteiger partial charge on any atom is 0.150 e. The van der Waals surface area contributed by atoms with E-state index in [1.807, 2.05) is 0 Å². The molecule has 1 heterocycles. The Bertz CT molecular complexity index is 874. The van der Waals surface area contributed by atoms with Gasteiger partial charge < -0.3 is 4.98 Å². The first-order chi connectivity index (χ1) is 11.6. The second kappa shape index (κ2) is 6.00. The molecule has 0 aliphatic heterocycles. The number of aromatic nitrogens is 1. The molecule has 1 fully saturated rings. The minimum atomic E-state index is -0.588. The van der Waals surface area contributed by atoms with E-state index in [-0.39, 0.29) is 11.7 Å². The van der Waals surface area contributed by atoms with Gasteiger partial charge in [0, 0.05) is 11.5 Å². The van der Waals surface area contributed by atoms with Gasteiger partial charge in [-0.05, 0) is 60.2 Å². The minimum Gasteiger partial charge on any atom is -0.352 e. The standard InChI is InChI=1S/C20H18F3N/c21-14-8-6-13(7-9-14)19-18(12-4-2-1-3-5-12)16-10-15(22)11-17(23)20(16)24-19/h6-12,24H,1-5H2. The number of H-pyrrole nitrogens is 1. The summed E-state index contributed by atoms with van der Waals surface area (Å²) in [6, 6.07) is 8.45. The lowest BCUT2D eigenvalue weighted by Gasteiger charge is -2.23. The molecule has 0 spiro atoms. The summed E-state index contributed by atoms with van der Waals surface area (Å²) < 4.78 is 41.3. The number of rotatable bonds is 2. The van der Waals surface area contributed by atoms with E-state index in [4.69, 9.17) is 0 Å². The van der Waals surface area contributed by atoms with Gasteiger partial charge in [0.1, 0.15) is 17.5 Å². The van der Waals surface area contributed by atoms with Crippen LogP contribution >= 0.6 is 0 Å². The van der Waals surface area contributed by atoms with Gasteiger partial charge in [0.2, 0.25) is 0 Å². The average Bonchev–Trinajstić information content (AvgIpc) is 2.96. The molecule has 0 amide bonds. The number of halogens is 3. The molecule has 1 aromatic heterocycles. The zero-order valence-electron chi connectivity index (χ0n) is 13.2. The zero-order valence-corrected chi connectivity index (χ0v) is 13.2. The van der Waals surface area contributed by atoms with Gasteiger partial charge in [0.15, 0.2) is 0 Å². The first-order valence-corrected chi connectivity index (χ1v) is 8.40. The quantitative estimate of drug-likeness (QED) is 0.568. The normalized spacial score (nSPS) is 16.0. The highest BCUT2D eigenvalue weighted by Crippen LogP contribution is 2.42. The van der Waals surface area contributed by atoms with Crippen LogP contribution in [0.5, 0.6) is 0 Å². The van der Waals surface area contributed by atoms with Crippen molar-refractivity contribution in [3.63, 3.8) is 0 Å². The molecular formula is C20H18F3N. The molecule has 0 saturated heterocycles. The fourth-order valence-electron chi connectivity index (χ4n) is 3.90. The highest BCUT2D eigenvalue weighted by atomic mass is 19.1. The molecule has 1 aliphatic carbocycles. The van der Waals surface area contributed by atoms with E-state index in [0.29, 0.717) is 10.9 Å². The molecule has 0 atom stereocenters. The van der Waals surface area contributed by atoms with Crippen LogP contribution in [0, 0.1) is 17.5 Å². The topological polar surface area (TPSA) is 15.8 Å². The van der Waals surface area contributed by atoms with Crippen molar-refractivity contribution in [2.45, 2.75) is 38.0 Å². The van der Waals surface area contributed by atoms with Crippen molar-refractivity contribution in [2.24, 2.45) is 0 Å². The molecule has 24 heavy (non-hydrogen) atoms. The summed E-state index contributed by atoms with van der Waals surface area (Å²) in [4.78, 5) is 3.13. The summed E-state index contributed by atoms with van der Waals surface area (Å²) in [5, 5.41) is 0.610. The summed E-state index contributed by atoms with van der Waals surface area (Å²) in [5.74, 6) is -1.20. The predicted octanol–water partition coefficient (Wildman–Crippen LogP) is 6.30. The zero-order chi connectivity index (χ0) is 16.7. The van der Waals surface area contributed by atoms with Crippen molar-refractivity contribution in [2.75, 3.05) is 0 Å². The first-order valence-electron chi connectivity index (χ1n) is 8.40. The van der Waals surface area contributed by atoms with Gasteiger partial charge in [-0.3, -0.25) is 0 Å². The molecule has 0 radical (unpaired) electrons. The second-order valence-corrected chi connectivity index (χ2v) is 6.57. The molecule has 0 unspecified atom stereocenters. The van der Waals surface area contributed by atoms with Gasteiger partial charge in [0.05, 0.1) is 11.2 Å². The fraction of sp³-hybridized carbons (Fsp3) is 0.300. The Morgan fingerprint density at radius 1 is 0.833 bits per heavy atom. The number of benzene rings is 2. The van der Waals surface area contributed by atoms with Crippen LogP contribution in [0.3, 0.4) is 0 Å². The van der Waals surface area contributed by atoms with Crippen LogP contribution in [0.1, 0.15) is 43.6 Å². The van der Waals surface area contributed by atoms with E-state index in [0.717, 1.165) is 48.6 Å². The van der Waals surface area contributed by atoms with E-state index < -0.39 is 11.6 Å². The molecule has 3 aromatic rings.